The van der Waals surface area contributed by atoms with Gasteiger partial charge in [-0.05, 0) is 37.8 Å². The molecular formula is C26H34O5. The Morgan fingerprint density at radius 2 is 1.55 bits per heavy atom. The summed E-state index contributed by atoms with van der Waals surface area (Å²) in [4.78, 5) is 11.8. The van der Waals surface area contributed by atoms with Gasteiger partial charge in [0.05, 0.1) is 19.3 Å². The van der Waals surface area contributed by atoms with E-state index in [9.17, 15) is 4.79 Å². The molecular weight excluding hydrogens is 392 g/mol. The van der Waals surface area contributed by atoms with E-state index in [0.717, 1.165) is 44.1 Å². The minimum absolute atomic E-state index is 0.161. The highest BCUT2D eigenvalue weighted by Gasteiger charge is 2.45. The Morgan fingerprint density at radius 3 is 2.19 bits per heavy atom. The van der Waals surface area contributed by atoms with Crippen LogP contribution in [0.1, 0.15) is 50.7 Å². The Labute approximate surface area is 185 Å². The summed E-state index contributed by atoms with van der Waals surface area (Å²) in [5.74, 6) is -0.717. The van der Waals surface area contributed by atoms with Crippen LogP contribution in [0.15, 0.2) is 60.7 Å². The monoisotopic (exact) mass is 426 g/mol. The molecule has 168 valence electrons. The van der Waals surface area contributed by atoms with Crippen LogP contribution in [0.3, 0.4) is 0 Å². The highest BCUT2D eigenvalue weighted by atomic mass is 16.8. The number of benzene rings is 2. The number of hydrogen-bond acceptors (Lipinski definition) is 5. The predicted octanol–water partition coefficient (Wildman–Crippen LogP) is 5.07. The van der Waals surface area contributed by atoms with Gasteiger partial charge in [-0.3, -0.25) is 0 Å². The maximum atomic E-state index is 11.8. The molecule has 1 aliphatic rings. The van der Waals surface area contributed by atoms with Gasteiger partial charge in [-0.25, -0.2) is 0 Å². The van der Waals surface area contributed by atoms with E-state index in [1.165, 1.54) is 5.56 Å². The van der Waals surface area contributed by atoms with Crippen molar-refractivity contribution in [2.75, 3.05) is 6.61 Å². The Balaban J connectivity index is 1.40. The third-order valence-electron chi connectivity index (χ3n) is 5.35. The van der Waals surface area contributed by atoms with Gasteiger partial charge < -0.3 is 23.7 Å². The van der Waals surface area contributed by atoms with Gasteiger partial charge in [0, 0.05) is 6.61 Å². The summed E-state index contributed by atoms with van der Waals surface area (Å²) in [7, 11) is 0. The lowest BCUT2D eigenvalue weighted by atomic mass is 10.0. The molecule has 1 aliphatic heterocycles. The molecule has 1 fully saturated rings. The number of ether oxygens (including phenoxy) is 4. The number of rotatable bonds is 13. The van der Waals surface area contributed by atoms with Crippen molar-refractivity contribution in [3.8, 4) is 0 Å². The lowest BCUT2D eigenvalue weighted by Crippen LogP contribution is -2.38. The van der Waals surface area contributed by atoms with E-state index in [2.05, 4.69) is 12.1 Å². The second-order valence-electron chi connectivity index (χ2n) is 8.42. The summed E-state index contributed by atoms with van der Waals surface area (Å²) in [6.45, 7) is 5.53. The van der Waals surface area contributed by atoms with Crippen LogP contribution in [0.25, 0.3) is 0 Å². The average molecular weight is 427 g/mol. The van der Waals surface area contributed by atoms with Crippen molar-refractivity contribution in [3.05, 3.63) is 71.8 Å². The largest absolute Gasteiger partial charge is 0.377 e. The van der Waals surface area contributed by atoms with Crippen molar-refractivity contribution in [1.29, 1.82) is 0 Å². The highest BCUT2D eigenvalue weighted by Crippen LogP contribution is 2.33. The molecule has 5 heteroatoms. The fourth-order valence-electron chi connectivity index (χ4n) is 3.83. The first-order valence-corrected chi connectivity index (χ1v) is 11.2. The first-order chi connectivity index (χ1) is 15.1. The Bertz CT molecular complexity index is 762. The van der Waals surface area contributed by atoms with Gasteiger partial charge >= 0.3 is 0 Å². The zero-order valence-corrected chi connectivity index (χ0v) is 18.6. The topological polar surface area (TPSA) is 54.0 Å². The van der Waals surface area contributed by atoms with E-state index in [1.54, 1.807) is 0 Å². The third-order valence-corrected chi connectivity index (χ3v) is 5.35. The fraction of sp³-hybridized carbons (Fsp3) is 0.500. The summed E-state index contributed by atoms with van der Waals surface area (Å²) < 4.78 is 23.8. The van der Waals surface area contributed by atoms with Crippen LogP contribution in [0.4, 0.5) is 0 Å². The van der Waals surface area contributed by atoms with Crippen LogP contribution in [-0.4, -0.2) is 37.0 Å². The smallest absolute Gasteiger partial charge is 0.163 e. The first-order valence-electron chi connectivity index (χ1n) is 11.2. The van der Waals surface area contributed by atoms with E-state index in [-0.39, 0.29) is 6.10 Å². The van der Waals surface area contributed by atoms with Crippen LogP contribution < -0.4 is 0 Å². The number of carbonyl (C=O) groups is 1. The van der Waals surface area contributed by atoms with Crippen molar-refractivity contribution < 1.29 is 23.7 Å². The molecule has 0 saturated carbocycles. The molecule has 0 aromatic heterocycles. The zero-order chi connectivity index (χ0) is 21.9. The maximum absolute atomic E-state index is 11.8. The first kappa shape index (κ1) is 23.6. The molecule has 0 spiro atoms. The van der Waals surface area contributed by atoms with Crippen molar-refractivity contribution in [1.82, 2.24) is 0 Å². The maximum Gasteiger partial charge on any atom is 0.163 e. The predicted molar refractivity (Wildman–Crippen MR) is 119 cm³/mol. The van der Waals surface area contributed by atoms with Gasteiger partial charge in [0.2, 0.25) is 0 Å². The van der Waals surface area contributed by atoms with E-state index in [1.807, 2.05) is 62.4 Å². The minimum Gasteiger partial charge on any atom is -0.377 e. The Hall–Kier alpha value is -2.05. The number of aldehydes is 1. The highest BCUT2D eigenvalue weighted by molar-refractivity contribution is 5.57. The number of unbranched alkanes of at least 4 members (excludes halogenated alkanes) is 2. The lowest BCUT2D eigenvalue weighted by molar-refractivity contribution is -0.162. The van der Waals surface area contributed by atoms with E-state index in [0.29, 0.717) is 13.2 Å². The second kappa shape index (κ2) is 12.1. The molecule has 1 heterocycles. The molecule has 31 heavy (non-hydrogen) atoms. The third kappa shape index (κ3) is 7.86. The van der Waals surface area contributed by atoms with Crippen LogP contribution in [0, 0.1) is 0 Å². The van der Waals surface area contributed by atoms with Crippen molar-refractivity contribution in [2.45, 2.75) is 76.8 Å². The van der Waals surface area contributed by atoms with Gasteiger partial charge in [0.1, 0.15) is 12.2 Å². The van der Waals surface area contributed by atoms with Crippen LogP contribution in [-0.2, 0) is 37.0 Å². The van der Waals surface area contributed by atoms with Gasteiger partial charge in [-0.15, -0.1) is 0 Å². The van der Waals surface area contributed by atoms with Crippen LogP contribution >= 0.6 is 0 Å². The molecule has 0 radical (unpaired) electrons. The average Bonchev–Trinajstić information content (AvgIpc) is 3.09. The molecule has 3 atom stereocenters. The molecule has 0 amide bonds. The van der Waals surface area contributed by atoms with Gasteiger partial charge in [-0.1, -0.05) is 73.5 Å². The van der Waals surface area contributed by atoms with E-state index in [4.69, 9.17) is 18.9 Å². The fourth-order valence-corrected chi connectivity index (χ4v) is 3.83. The van der Waals surface area contributed by atoms with Gasteiger partial charge in [0.15, 0.2) is 12.1 Å². The molecule has 5 nitrogen and oxygen atoms in total. The molecule has 2 aromatic carbocycles. The standard InChI is InChI=1S/C26H34O5/c1-26(2)30-23(16-10-5-11-17-28-19-21-12-6-3-7-13-21)25(31-26)24(18-27)29-20-22-14-8-4-9-15-22/h3-4,6-9,12-15,18,23-25H,5,10-11,16-17,19-20H2,1-2H3/t23-,24-,25-/m1/s1. The zero-order valence-electron chi connectivity index (χ0n) is 18.6. The van der Waals surface area contributed by atoms with Crippen LogP contribution in [0.2, 0.25) is 0 Å². The Kier molecular flexibility index (Phi) is 9.22. The number of carbonyl (C=O) groups excluding carboxylic acids is 1. The summed E-state index contributed by atoms with van der Waals surface area (Å²) in [5.41, 5.74) is 2.22. The van der Waals surface area contributed by atoms with Crippen LogP contribution in [0.5, 0.6) is 0 Å². The second-order valence-corrected chi connectivity index (χ2v) is 8.42. The molecule has 0 N–H and O–H groups in total. The van der Waals surface area contributed by atoms with Crippen molar-refractivity contribution in [3.63, 3.8) is 0 Å². The van der Waals surface area contributed by atoms with Crippen molar-refractivity contribution in [2.24, 2.45) is 0 Å². The summed E-state index contributed by atoms with van der Waals surface area (Å²) in [6, 6.07) is 20.0. The SMILES string of the molecule is CC1(C)O[C@@H]([C@@H](C=O)OCc2ccccc2)[C@@H](CCCCCOCc2ccccc2)O1. The van der Waals surface area contributed by atoms with Crippen molar-refractivity contribution >= 4 is 6.29 Å². The summed E-state index contributed by atoms with van der Waals surface area (Å²) >= 11 is 0. The van der Waals surface area contributed by atoms with E-state index >= 15 is 0 Å². The van der Waals surface area contributed by atoms with Gasteiger partial charge in [0.25, 0.3) is 0 Å². The molecule has 0 bridgehead atoms. The quantitative estimate of drug-likeness (QED) is 0.331. The molecule has 2 aromatic rings. The summed E-state index contributed by atoms with van der Waals surface area (Å²) in [5, 5.41) is 0. The minimum atomic E-state index is -0.717. The molecule has 1 saturated heterocycles. The van der Waals surface area contributed by atoms with Gasteiger partial charge in [-0.2, -0.15) is 0 Å². The number of hydrogen-bond donors (Lipinski definition) is 0. The van der Waals surface area contributed by atoms with E-state index < -0.39 is 18.0 Å². The lowest BCUT2D eigenvalue weighted by Gasteiger charge is -2.23. The summed E-state index contributed by atoms with van der Waals surface area (Å²) in [6.07, 6.45) is 3.47. The molecule has 0 aliphatic carbocycles. The normalized spacial score (nSPS) is 21.1. The Morgan fingerprint density at radius 1 is 0.903 bits per heavy atom. The molecule has 0 unspecified atom stereocenters. The molecule has 3 rings (SSSR count).